The quantitative estimate of drug-likeness (QED) is 0.555. The fourth-order valence-electron chi connectivity index (χ4n) is 2.51. The normalized spacial score (nSPS) is 11.9. The molecule has 1 atom stereocenters. The highest BCUT2D eigenvalue weighted by Gasteiger charge is 2.14. The van der Waals surface area contributed by atoms with E-state index in [1.54, 1.807) is 14.2 Å². The van der Waals surface area contributed by atoms with Gasteiger partial charge in [0.25, 0.3) is 5.91 Å². The molecular formula is C21H23N3O3. The van der Waals surface area contributed by atoms with E-state index in [0.29, 0.717) is 6.54 Å². The first-order valence-electron chi connectivity index (χ1n) is 8.49. The lowest BCUT2D eigenvalue weighted by molar-refractivity contribution is -0.117. The van der Waals surface area contributed by atoms with Crippen LogP contribution in [0.15, 0.2) is 60.3 Å². The molecule has 0 spiro atoms. The summed E-state index contributed by atoms with van der Waals surface area (Å²) in [5.74, 6) is 1.05. The van der Waals surface area contributed by atoms with E-state index in [4.69, 9.17) is 9.47 Å². The van der Waals surface area contributed by atoms with Gasteiger partial charge in [-0.3, -0.25) is 4.79 Å². The molecule has 0 aliphatic rings. The molecule has 0 fully saturated rings. The Morgan fingerprint density at radius 2 is 1.85 bits per heavy atom. The van der Waals surface area contributed by atoms with Gasteiger partial charge in [-0.05, 0) is 30.7 Å². The van der Waals surface area contributed by atoms with E-state index in [1.807, 2.05) is 61.5 Å². The van der Waals surface area contributed by atoms with E-state index in [9.17, 15) is 10.1 Å². The molecule has 6 nitrogen and oxygen atoms in total. The van der Waals surface area contributed by atoms with Crippen LogP contribution in [0.3, 0.4) is 0 Å². The Bertz CT molecular complexity index is 838. The maximum atomic E-state index is 12.4. The van der Waals surface area contributed by atoms with Crippen LogP contribution in [0.1, 0.15) is 24.1 Å². The van der Waals surface area contributed by atoms with Gasteiger partial charge >= 0.3 is 0 Å². The summed E-state index contributed by atoms with van der Waals surface area (Å²) < 4.78 is 10.4. The first-order chi connectivity index (χ1) is 13.1. The van der Waals surface area contributed by atoms with E-state index in [1.165, 1.54) is 6.20 Å². The third kappa shape index (κ3) is 5.51. The molecular weight excluding hydrogens is 342 g/mol. The molecule has 0 heterocycles. The maximum Gasteiger partial charge on any atom is 0.263 e. The highest BCUT2D eigenvalue weighted by Crippen LogP contribution is 2.18. The standard InChI is InChI=1S/C21H23N3O3/c1-15(16-8-10-19(26-2)11-9-16)24-21(25)18(12-22)14-23-13-17-6-4-5-7-20(17)27-3/h4-11,14-15,23H,13H2,1-3H3,(H,24,25)/b18-14-. The molecule has 140 valence electrons. The van der Waals surface area contributed by atoms with Gasteiger partial charge in [-0.2, -0.15) is 5.26 Å². The molecule has 2 aromatic rings. The van der Waals surface area contributed by atoms with Crippen LogP contribution >= 0.6 is 0 Å². The molecule has 2 rings (SSSR count). The van der Waals surface area contributed by atoms with Crippen molar-refractivity contribution in [3.8, 4) is 17.6 Å². The molecule has 0 saturated carbocycles. The van der Waals surface area contributed by atoms with Gasteiger partial charge in [-0.15, -0.1) is 0 Å². The molecule has 0 radical (unpaired) electrons. The first kappa shape index (κ1) is 19.9. The second-order valence-corrected chi connectivity index (χ2v) is 5.83. The number of carbonyl (C=O) groups is 1. The molecule has 2 aromatic carbocycles. The van der Waals surface area contributed by atoms with Crippen molar-refractivity contribution >= 4 is 5.91 Å². The van der Waals surface area contributed by atoms with Gasteiger partial charge in [0, 0.05) is 18.3 Å². The number of carbonyl (C=O) groups excluding carboxylic acids is 1. The van der Waals surface area contributed by atoms with Crippen molar-refractivity contribution in [1.82, 2.24) is 10.6 Å². The van der Waals surface area contributed by atoms with Crippen molar-refractivity contribution in [2.24, 2.45) is 0 Å². The van der Waals surface area contributed by atoms with Crippen LogP contribution in [-0.2, 0) is 11.3 Å². The van der Waals surface area contributed by atoms with Crippen molar-refractivity contribution in [3.05, 3.63) is 71.4 Å². The van der Waals surface area contributed by atoms with Crippen molar-refractivity contribution in [3.63, 3.8) is 0 Å². The van der Waals surface area contributed by atoms with Crippen molar-refractivity contribution < 1.29 is 14.3 Å². The summed E-state index contributed by atoms with van der Waals surface area (Å²) in [7, 11) is 3.20. The average molecular weight is 365 g/mol. The zero-order chi connectivity index (χ0) is 19.6. The molecule has 0 bridgehead atoms. The minimum atomic E-state index is -0.437. The van der Waals surface area contributed by atoms with Crippen LogP contribution in [0.25, 0.3) is 0 Å². The number of rotatable bonds is 8. The smallest absolute Gasteiger partial charge is 0.263 e. The third-order valence-corrected chi connectivity index (χ3v) is 4.06. The van der Waals surface area contributed by atoms with Crippen LogP contribution in [-0.4, -0.2) is 20.1 Å². The average Bonchev–Trinajstić information content (AvgIpc) is 2.71. The minimum Gasteiger partial charge on any atom is -0.497 e. The van der Waals surface area contributed by atoms with Crippen LogP contribution in [0, 0.1) is 11.3 Å². The van der Waals surface area contributed by atoms with Crippen molar-refractivity contribution in [2.45, 2.75) is 19.5 Å². The summed E-state index contributed by atoms with van der Waals surface area (Å²) in [5.41, 5.74) is 1.86. The molecule has 0 saturated heterocycles. The van der Waals surface area contributed by atoms with E-state index in [-0.39, 0.29) is 11.6 Å². The molecule has 0 aliphatic heterocycles. The van der Waals surface area contributed by atoms with Gasteiger partial charge in [0.05, 0.1) is 20.3 Å². The summed E-state index contributed by atoms with van der Waals surface area (Å²) in [6, 6.07) is 16.6. The van der Waals surface area contributed by atoms with Crippen LogP contribution in [0.5, 0.6) is 11.5 Å². The Morgan fingerprint density at radius 3 is 2.48 bits per heavy atom. The SMILES string of the molecule is COc1ccc(C(C)NC(=O)/C(C#N)=C\NCc2ccccc2OC)cc1. The number of benzene rings is 2. The van der Waals surface area contributed by atoms with Gasteiger partial charge in [0.1, 0.15) is 23.1 Å². The number of para-hydroxylation sites is 1. The van der Waals surface area contributed by atoms with Gasteiger partial charge in [-0.1, -0.05) is 30.3 Å². The monoisotopic (exact) mass is 365 g/mol. The number of hydrogen-bond acceptors (Lipinski definition) is 5. The molecule has 27 heavy (non-hydrogen) atoms. The fraction of sp³-hybridized carbons (Fsp3) is 0.238. The number of nitrogens with zero attached hydrogens (tertiary/aromatic N) is 1. The first-order valence-corrected chi connectivity index (χ1v) is 8.49. The number of nitrogens with one attached hydrogen (secondary N) is 2. The van der Waals surface area contributed by atoms with Crippen LogP contribution in [0.4, 0.5) is 0 Å². The Kier molecular flexibility index (Phi) is 7.26. The Balaban J connectivity index is 1.97. The van der Waals surface area contributed by atoms with Crippen LogP contribution < -0.4 is 20.1 Å². The summed E-state index contributed by atoms with van der Waals surface area (Å²) in [4.78, 5) is 12.4. The van der Waals surface area contributed by atoms with Gasteiger partial charge in [0.2, 0.25) is 0 Å². The number of ether oxygens (including phenoxy) is 2. The van der Waals surface area contributed by atoms with E-state index in [2.05, 4.69) is 10.6 Å². The minimum absolute atomic E-state index is 0.00487. The van der Waals surface area contributed by atoms with Gasteiger partial charge in [-0.25, -0.2) is 0 Å². The van der Waals surface area contributed by atoms with Crippen molar-refractivity contribution in [2.75, 3.05) is 14.2 Å². The van der Waals surface area contributed by atoms with E-state index >= 15 is 0 Å². The van der Waals surface area contributed by atoms with E-state index < -0.39 is 5.91 Å². The molecule has 6 heteroatoms. The predicted molar refractivity (Wildman–Crippen MR) is 103 cm³/mol. The Labute approximate surface area is 159 Å². The zero-order valence-corrected chi connectivity index (χ0v) is 15.7. The largest absolute Gasteiger partial charge is 0.497 e. The van der Waals surface area contributed by atoms with Crippen LogP contribution in [0.2, 0.25) is 0 Å². The van der Waals surface area contributed by atoms with E-state index in [0.717, 1.165) is 22.6 Å². The Morgan fingerprint density at radius 1 is 1.15 bits per heavy atom. The molecule has 2 N–H and O–H groups in total. The highest BCUT2D eigenvalue weighted by atomic mass is 16.5. The molecule has 1 amide bonds. The zero-order valence-electron chi connectivity index (χ0n) is 15.7. The lowest BCUT2D eigenvalue weighted by atomic mass is 10.1. The number of nitriles is 1. The second kappa shape index (κ2) is 9.88. The summed E-state index contributed by atoms with van der Waals surface area (Å²) in [6.45, 7) is 2.30. The van der Waals surface area contributed by atoms with Gasteiger partial charge in [0.15, 0.2) is 0 Å². The summed E-state index contributed by atoms with van der Waals surface area (Å²) in [5, 5.41) is 15.1. The topological polar surface area (TPSA) is 83.4 Å². The lowest BCUT2D eigenvalue weighted by Gasteiger charge is -2.14. The molecule has 0 aliphatic carbocycles. The number of amides is 1. The van der Waals surface area contributed by atoms with Gasteiger partial charge < -0.3 is 20.1 Å². The third-order valence-electron chi connectivity index (χ3n) is 4.06. The number of hydrogen-bond donors (Lipinski definition) is 2. The lowest BCUT2D eigenvalue weighted by Crippen LogP contribution is -2.28. The van der Waals surface area contributed by atoms with Crippen molar-refractivity contribution in [1.29, 1.82) is 5.26 Å². The maximum absolute atomic E-state index is 12.4. The molecule has 1 unspecified atom stereocenters. The summed E-state index contributed by atoms with van der Waals surface area (Å²) >= 11 is 0. The Hall–Kier alpha value is -3.46. The highest BCUT2D eigenvalue weighted by molar-refractivity contribution is 5.97. The second-order valence-electron chi connectivity index (χ2n) is 5.83. The molecule has 0 aromatic heterocycles. The fourth-order valence-corrected chi connectivity index (χ4v) is 2.51. The predicted octanol–water partition coefficient (Wildman–Crippen LogP) is 3.08. The number of methoxy groups -OCH3 is 2. The summed E-state index contributed by atoms with van der Waals surface area (Å²) in [6.07, 6.45) is 1.42.